The zero-order chi connectivity index (χ0) is 16.4. The van der Waals surface area contributed by atoms with Gasteiger partial charge < -0.3 is 4.90 Å². The van der Waals surface area contributed by atoms with E-state index in [1.807, 2.05) is 25.4 Å². The molecule has 0 bridgehead atoms. The number of rotatable bonds is 3. The first kappa shape index (κ1) is 15.0. The predicted octanol–water partition coefficient (Wildman–Crippen LogP) is 1.54. The van der Waals surface area contributed by atoms with Crippen LogP contribution >= 0.6 is 0 Å². The van der Waals surface area contributed by atoms with E-state index in [-0.39, 0.29) is 0 Å². The van der Waals surface area contributed by atoms with Crippen LogP contribution in [-0.2, 0) is 6.54 Å². The molecule has 0 N–H and O–H groups in total. The van der Waals surface area contributed by atoms with Gasteiger partial charge in [-0.1, -0.05) is 6.07 Å². The fourth-order valence-electron chi connectivity index (χ4n) is 3.29. The van der Waals surface area contributed by atoms with Crippen molar-refractivity contribution in [1.82, 2.24) is 29.7 Å². The number of aromatic nitrogens is 5. The standard InChI is InChI=1S/C17H21N7/c1-14-10-16(17-20-19-13-24(17)21-14)23-7-3-6-22(8-9-23)12-15-4-2-5-18-11-15/h2,4-5,10-11,13H,3,6-9,12H2,1H3. The van der Waals surface area contributed by atoms with E-state index in [2.05, 4.69) is 42.2 Å². The Hall–Kier alpha value is -2.54. The topological polar surface area (TPSA) is 62.5 Å². The van der Waals surface area contributed by atoms with Crippen LogP contribution in [0.2, 0.25) is 0 Å². The Kier molecular flexibility index (Phi) is 4.08. The Morgan fingerprint density at radius 3 is 3.00 bits per heavy atom. The Labute approximate surface area is 140 Å². The normalized spacial score (nSPS) is 16.5. The number of aryl methyl sites for hydroxylation is 1. The minimum Gasteiger partial charge on any atom is -0.367 e. The van der Waals surface area contributed by atoms with Crippen molar-refractivity contribution in [2.75, 3.05) is 31.1 Å². The Morgan fingerprint density at radius 2 is 2.12 bits per heavy atom. The minimum atomic E-state index is 0.835. The van der Waals surface area contributed by atoms with Crippen LogP contribution in [0.1, 0.15) is 17.7 Å². The minimum absolute atomic E-state index is 0.835. The molecule has 4 heterocycles. The summed E-state index contributed by atoms with van der Waals surface area (Å²) in [6, 6.07) is 6.25. The van der Waals surface area contributed by atoms with Crippen LogP contribution in [0.25, 0.3) is 5.65 Å². The van der Waals surface area contributed by atoms with Crippen molar-refractivity contribution in [3.63, 3.8) is 0 Å². The first-order valence-corrected chi connectivity index (χ1v) is 8.33. The molecule has 0 aliphatic carbocycles. The number of pyridine rings is 1. The summed E-state index contributed by atoms with van der Waals surface area (Å²) >= 11 is 0. The van der Waals surface area contributed by atoms with Crippen LogP contribution in [0, 0.1) is 6.92 Å². The van der Waals surface area contributed by atoms with Gasteiger partial charge >= 0.3 is 0 Å². The molecule has 1 saturated heterocycles. The van der Waals surface area contributed by atoms with Crippen LogP contribution in [0.5, 0.6) is 0 Å². The molecule has 1 aliphatic heterocycles. The molecule has 0 amide bonds. The van der Waals surface area contributed by atoms with E-state index in [9.17, 15) is 0 Å². The molecular weight excluding hydrogens is 302 g/mol. The van der Waals surface area contributed by atoms with Crippen molar-refractivity contribution in [3.05, 3.63) is 48.2 Å². The van der Waals surface area contributed by atoms with Crippen molar-refractivity contribution >= 4 is 11.3 Å². The molecule has 0 unspecified atom stereocenters. The van der Waals surface area contributed by atoms with Gasteiger partial charge in [0, 0.05) is 45.1 Å². The van der Waals surface area contributed by atoms with Gasteiger partial charge in [0.25, 0.3) is 0 Å². The SMILES string of the molecule is Cc1cc(N2CCCN(Cc3cccnc3)CC2)c2nncn2n1. The first-order valence-electron chi connectivity index (χ1n) is 8.33. The van der Waals surface area contributed by atoms with Gasteiger partial charge in [-0.05, 0) is 31.0 Å². The van der Waals surface area contributed by atoms with Gasteiger partial charge in [0.15, 0.2) is 0 Å². The number of anilines is 1. The van der Waals surface area contributed by atoms with Crippen molar-refractivity contribution in [1.29, 1.82) is 0 Å². The van der Waals surface area contributed by atoms with Crippen molar-refractivity contribution in [2.24, 2.45) is 0 Å². The second kappa shape index (κ2) is 6.52. The summed E-state index contributed by atoms with van der Waals surface area (Å²) in [4.78, 5) is 9.11. The van der Waals surface area contributed by atoms with Gasteiger partial charge in [-0.25, -0.2) is 0 Å². The Balaban J connectivity index is 1.51. The lowest BCUT2D eigenvalue weighted by molar-refractivity contribution is 0.285. The third kappa shape index (κ3) is 3.07. The van der Waals surface area contributed by atoms with E-state index in [1.165, 1.54) is 5.56 Å². The van der Waals surface area contributed by atoms with Gasteiger partial charge in [-0.2, -0.15) is 9.61 Å². The van der Waals surface area contributed by atoms with Gasteiger partial charge in [0.05, 0.1) is 11.4 Å². The summed E-state index contributed by atoms with van der Waals surface area (Å²) in [5.41, 5.74) is 4.21. The fraction of sp³-hybridized carbons (Fsp3) is 0.412. The fourth-order valence-corrected chi connectivity index (χ4v) is 3.29. The first-order chi connectivity index (χ1) is 11.8. The Bertz CT molecular complexity index is 814. The summed E-state index contributed by atoms with van der Waals surface area (Å²) in [6.07, 6.45) is 6.57. The highest BCUT2D eigenvalue weighted by Gasteiger charge is 2.19. The van der Waals surface area contributed by atoms with E-state index in [0.717, 1.165) is 56.2 Å². The van der Waals surface area contributed by atoms with Crippen molar-refractivity contribution < 1.29 is 0 Å². The third-order valence-electron chi connectivity index (χ3n) is 4.43. The van der Waals surface area contributed by atoms with Gasteiger partial charge in [0.2, 0.25) is 5.65 Å². The zero-order valence-corrected chi connectivity index (χ0v) is 13.8. The molecule has 7 nitrogen and oxygen atoms in total. The number of hydrogen-bond acceptors (Lipinski definition) is 6. The lowest BCUT2D eigenvalue weighted by Gasteiger charge is -2.24. The second-order valence-electron chi connectivity index (χ2n) is 6.25. The smallest absolute Gasteiger partial charge is 0.200 e. The number of nitrogens with zero attached hydrogens (tertiary/aromatic N) is 7. The van der Waals surface area contributed by atoms with Crippen LogP contribution in [0.3, 0.4) is 0 Å². The van der Waals surface area contributed by atoms with Crippen LogP contribution < -0.4 is 4.90 Å². The summed E-state index contributed by atoms with van der Waals surface area (Å²) in [5.74, 6) is 0. The van der Waals surface area contributed by atoms with Gasteiger partial charge in [0.1, 0.15) is 6.33 Å². The van der Waals surface area contributed by atoms with Crippen molar-refractivity contribution in [3.8, 4) is 0 Å². The molecule has 3 aromatic heterocycles. The molecule has 1 aliphatic rings. The van der Waals surface area contributed by atoms with Gasteiger partial charge in [-0.15, -0.1) is 10.2 Å². The lowest BCUT2D eigenvalue weighted by atomic mass is 10.2. The molecule has 0 aromatic carbocycles. The van der Waals surface area contributed by atoms with E-state index >= 15 is 0 Å². The van der Waals surface area contributed by atoms with Crippen molar-refractivity contribution in [2.45, 2.75) is 19.9 Å². The van der Waals surface area contributed by atoms with Crippen LogP contribution in [0.15, 0.2) is 36.9 Å². The maximum atomic E-state index is 4.43. The zero-order valence-electron chi connectivity index (χ0n) is 13.8. The largest absolute Gasteiger partial charge is 0.367 e. The number of hydrogen-bond donors (Lipinski definition) is 0. The van der Waals surface area contributed by atoms with E-state index in [4.69, 9.17) is 0 Å². The molecule has 0 saturated carbocycles. The van der Waals surface area contributed by atoms with Gasteiger partial charge in [-0.3, -0.25) is 9.88 Å². The van der Waals surface area contributed by atoms with E-state index in [0.29, 0.717) is 0 Å². The summed E-state index contributed by atoms with van der Waals surface area (Å²) in [7, 11) is 0. The van der Waals surface area contributed by atoms with E-state index in [1.54, 1.807) is 10.8 Å². The average Bonchev–Trinajstić information content (AvgIpc) is 2.94. The molecule has 7 heteroatoms. The molecule has 0 atom stereocenters. The molecule has 4 rings (SSSR count). The van der Waals surface area contributed by atoms with Crippen LogP contribution in [-0.4, -0.2) is 55.9 Å². The summed E-state index contributed by atoms with van der Waals surface area (Å²) in [6.45, 7) is 7.09. The van der Waals surface area contributed by atoms with E-state index < -0.39 is 0 Å². The number of fused-ring (bicyclic) bond motifs is 1. The monoisotopic (exact) mass is 323 g/mol. The molecule has 0 radical (unpaired) electrons. The molecule has 0 spiro atoms. The lowest BCUT2D eigenvalue weighted by Crippen LogP contribution is -2.31. The molecule has 124 valence electrons. The highest BCUT2D eigenvalue weighted by Crippen LogP contribution is 2.22. The third-order valence-corrected chi connectivity index (χ3v) is 4.43. The second-order valence-corrected chi connectivity index (χ2v) is 6.25. The maximum absolute atomic E-state index is 4.43. The molecular formula is C17H21N7. The highest BCUT2D eigenvalue weighted by molar-refractivity contribution is 5.68. The quantitative estimate of drug-likeness (QED) is 0.728. The Morgan fingerprint density at radius 1 is 1.17 bits per heavy atom. The summed E-state index contributed by atoms with van der Waals surface area (Å²) < 4.78 is 1.77. The highest BCUT2D eigenvalue weighted by atomic mass is 15.4. The summed E-state index contributed by atoms with van der Waals surface area (Å²) in [5, 5.41) is 12.7. The predicted molar refractivity (Wildman–Crippen MR) is 91.9 cm³/mol. The van der Waals surface area contributed by atoms with Crippen LogP contribution in [0.4, 0.5) is 5.69 Å². The average molecular weight is 323 g/mol. The molecule has 24 heavy (non-hydrogen) atoms. The molecule has 1 fully saturated rings. The maximum Gasteiger partial charge on any atom is 0.200 e. The molecule has 3 aromatic rings.